The summed E-state index contributed by atoms with van der Waals surface area (Å²) >= 11 is 6.23. The summed E-state index contributed by atoms with van der Waals surface area (Å²) in [7, 11) is 0. The van der Waals surface area contributed by atoms with Crippen LogP contribution in [0.25, 0.3) is 0 Å². The van der Waals surface area contributed by atoms with Gasteiger partial charge in [0.2, 0.25) is 0 Å². The fourth-order valence-electron chi connectivity index (χ4n) is 3.18. The summed E-state index contributed by atoms with van der Waals surface area (Å²) in [5.41, 5.74) is 1.11. The highest BCUT2D eigenvalue weighted by molar-refractivity contribution is 6.31. The van der Waals surface area contributed by atoms with Crippen LogP contribution in [0.2, 0.25) is 5.02 Å². The Bertz CT molecular complexity index is 517. The van der Waals surface area contributed by atoms with Crippen molar-refractivity contribution in [1.29, 1.82) is 0 Å². The van der Waals surface area contributed by atoms with E-state index in [9.17, 15) is 4.79 Å². The molecule has 0 aliphatic carbocycles. The van der Waals surface area contributed by atoms with E-state index in [1.54, 1.807) is 0 Å². The van der Waals surface area contributed by atoms with Gasteiger partial charge in [0.15, 0.2) is 0 Å². The molecular weight excluding hydrogens is 300 g/mol. The van der Waals surface area contributed by atoms with E-state index in [4.69, 9.17) is 16.3 Å². The number of morpholine rings is 1. The normalized spacial score (nSPS) is 23.5. The Morgan fingerprint density at radius 1 is 1.18 bits per heavy atom. The number of nitrogens with zero attached hydrogens (tertiary/aromatic N) is 2. The van der Waals surface area contributed by atoms with Gasteiger partial charge in [0, 0.05) is 37.7 Å². The van der Waals surface area contributed by atoms with Gasteiger partial charge in [0.1, 0.15) is 6.10 Å². The summed E-state index contributed by atoms with van der Waals surface area (Å²) in [6.45, 7) is 4.63. The second-order valence-electron chi connectivity index (χ2n) is 6.07. The molecule has 120 valence electrons. The number of hydrogen-bond acceptors (Lipinski definition) is 3. The molecule has 0 N–H and O–H groups in total. The molecule has 1 aromatic carbocycles. The van der Waals surface area contributed by atoms with Gasteiger partial charge in [-0.15, -0.1) is 0 Å². The third-order valence-electron chi connectivity index (χ3n) is 4.45. The number of rotatable bonds is 3. The zero-order chi connectivity index (χ0) is 15.4. The predicted molar refractivity (Wildman–Crippen MR) is 86.9 cm³/mol. The second-order valence-corrected chi connectivity index (χ2v) is 6.48. The van der Waals surface area contributed by atoms with Gasteiger partial charge in [0.25, 0.3) is 5.91 Å². The molecule has 2 heterocycles. The molecule has 2 saturated heterocycles. The zero-order valence-corrected chi connectivity index (χ0v) is 13.6. The van der Waals surface area contributed by atoms with Gasteiger partial charge >= 0.3 is 0 Å². The third kappa shape index (κ3) is 3.80. The van der Waals surface area contributed by atoms with Crippen molar-refractivity contribution < 1.29 is 9.53 Å². The van der Waals surface area contributed by atoms with Crippen molar-refractivity contribution in [2.24, 2.45) is 0 Å². The molecule has 0 aromatic heterocycles. The minimum absolute atomic E-state index is 0.156. The van der Waals surface area contributed by atoms with E-state index in [1.165, 1.54) is 6.42 Å². The molecular formula is C17H23ClN2O2. The number of carbonyl (C=O) groups excluding carboxylic acids is 1. The number of hydrogen-bond donors (Lipinski definition) is 0. The lowest BCUT2D eigenvalue weighted by atomic mass is 10.1. The Morgan fingerprint density at radius 2 is 1.95 bits per heavy atom. The predicted octanol–water partition coefficient (Wildman–Crippen LogP) is 2.55. The monoisotopic (exact) mass is 322 g/mol. The maximum atomic E-state index is 12.6. The van der Waals surface area contributed by atoms with Crippen LogP contribution >= 0.6 is 11.6 Å². The zero-order valence-electron chi connectivity index (χ0n) is 12.8. The van der Waals surface area contributed by atoms with Crippen LogP contribution in [0.1, 0.15) is 24.8 Å². The van der Waals surface area contributed by atoms with E-state index in [0.717, 1.165) is 49.6 Å². The first-order chi connectivity index (χ1) is 10.7. The molecule has 5 heteroatoms. The first-order valence-electron chi connectivity index (χ1n) is 8.10. The number of piperidine rings is 1. The summed E-state index contributed by atoms with van der Waals surface area (Å²) in [6.07, 6.45) is 3.13. The molecule has 1 amide bonds. The first kappa shape index (κ1) is 15.8. The maximum absolute atomic E-state index is 12.6. The highest BCUT2D eigenvalue weighted by Crippen LogP contribution is 2.19. The maximum Gasteiger partial charge on any atom is 0.253 e. The van der Waals surface area contributed by atoms with Gasteiger partial charge in [-0.2, -0.15) is 0 Å². The molecule has 1 aromatic rings. The molecule has 2 fully saturated rings. The second kappa shape index (κ2) is 7.44. The summed E-state index contributed by atoms with van der Waals surface area (Å²) in [5, 5.41) is 0.785. The first-order valence-corrected chi connectivity index (χ1v) is 8.48. The van der Waals surface area contributed by atoms with Crippen LogP contribution in [-0.4, -0.2) is 54.6 Å². The Hall–Kier alpha value is -1.10. The van der Waals surface area contributed by atoms with Gasteiger partial charge in [-0.25, -0.2) is 0 Å². The van der Waals surface area contributed by atoms with Gasteiger partial charge < -0.3 is 9.64 Å². The minimum atomic E-state index is -0.325. The lowest BCUT2D eigenvalue weighted by Crippen LogP contribution is -2.51. The molecule has 2 aliphatic rings. The molecule has 4 nitrogen and oxygen atoms in total. The number of carbonyl (C=O) groups is 1. The van der Waals surface area contributed by atoms with Gasteiger partial charge in [-0.3, -0.25) is 9.69 Å². The summed E-state index contributed by atoms with van der Waals surface area (Å²) < 4.78 is 5.73. The number of likely N-dealkylation sites (tertiary alicyclic amines) is 1. The molecule has 0 radical (unpaired) electrons. The largest absolute Gasteiger partial charge is 0.366 e. The van der Waals surface area contributed by atoms with E-state index in [-0.39, 0.29) is 12.0 Å². The van der Waals surface area contributed by atoms with Crippen LogP contribution < -0.4 is 0 Å². The lowest BCUT2D eigenvalue weighted by Gasteiger charge is -2.36. The van der Waals surface area contributed by atoms with E-state index in [1.807, 2.05) is 29.2 Å². The fourth-order valence-corrected chi connectivity index (χ4v) is 3.38. The van der Waals surface area contributed by atoms with Crippen molar-refractivity contribution in [3.8, 4) is 0 Å². The molecule has 2 aliphatic heterocycles. The number of benzene rings is 1. The van der Waals surface area contributed by atoms with Crippen molar-refractivity contribution in [2.45, 2.75) is 31.9 Å². The molecule has 1 atom stereocenters. The smallest absolute Gasteiger partial charge is 0.253 e. The van der Waals surface area contributed by atoms with Crippen molar-refractivity contribution in [2.75, 3.05) is 32.8 Å². The topological polar surface area (TPSA) is 32.8 Å². The highest BCUT2D eigenvalue weighted by atomic mass is 35.5. The van der Waals surface area contributed by atoms with Crippen LogP contribution in [0.15, 0.2) is 24.3 Å². The number of ether oxygens (including phenoxy) is 1. The van der Waals surface area contributed by atoms with Crippen molar-refractivity contribution in [3.05, 3.63) is 34.9 Å². The third-order valence-corrected chi connectivity index (χ3v) is 4.81. The molecule has 0 bridgehead atoms. The summed E-state index contributed by atoms with van der Waals surface area (Å²) in [5.74, 6) is 0.156. The quantitative estimate of drug-likeness (QED) is 0.857. The average Bonchev–Trinajstić information content (AvgIpc) is 2.57. The SMILES string of the molecule is O=C(C1CN(Cc2ccccc2Cl)CCO1)N1CCCCC1. The number of halogens is 1. The van der Waals surface area contributed by atoms with Gasteiger partial charge in [-0.1, -0.05) is 29.8 Å². The summed E-state index contributed by atoms with van der Waals surface area (Å²) in [4.78, 5) is 16.8. The van der Waals surface area contributed by atoms with E-state index in [0.29, 0.717) is 13.2 Å². The van der Waals surface area contributed by atoms with E-state index < -0.39 is 0 Å². The summed E-state index contributed by atoms with van der Waals surface area (Å²) in [6, 6.07) is 7.89. The minimum Gasteiger partial charge on any atom is -0.366 e. The highest BCUT2D eigenvalue weighted by Gasteiger charge is 2.30. The lowest BCUT2D eigenvalue weighted by molar-refractivity contribution is -0.150. The Morgan fingerprint density at radius 3 is 2.73 bits per heavy atom. The van der Waals surface area contributed by atoms with Crippen molar-refractivity contribution in [1.82, 2.24) is 9.80 Å². The standard InChI is InChI=1S/C17H23ClN2O2/c18-15-7-3-2-6-14(15)12-19-10-11-22-16(13-19)17(21)20-8-4-1-5-9-20/h2-3,6-7,16H,1,4-5,8-13H2. The molecule has 3 rings (SSSR count). The van der Waals surface area contributed by atoms with Crippen LogP contribution in [0.4, 0.5) is 0 Å². The molecule has 0 saturated carbocycles. The molecule has 22 heavy (non-hydrogen) atoms. The van der Waals surface area contributed by atoms with Crippen molar-refractivity contribution in [3.63, 3.8) is 0 Å². The van der Waals surface area contributed by atoms with E-state index >= 15 is 0 Å². The van der Waals surface area contributed by atoms with Crippen LogP contribution in [0, 0.1) is 0 Å². The van der Waals surface area contributed by atoms with Crippen LogP contribution in [-0.2, 0) is 16.1 Å². The van der Waals surface area contributed by atoms with Crippen LogP contribution in [0.5, 0.6) is 0 Å². The van der Waals surface area contributed by atoms with Gasteiger partial charge in [-0.05, 0) is 30.9 Å². The molecule has 1 unspecified atom stereocenters. The van der Waals surface area contributed by atoms with Crippen molar-refractivity contribution >= 4 is 17.5 Å². The fraction of sp³-hybridized carbons (Fsp3) is 0.588. The number of amides is 1. The average molecular weight is 323 g/mol. The van der Waals surface area contributed by atoms with E-state index in [2.05, 4.69) is 4.90 Å². The van der Waals surface area contributed by atoms with Gasteiger partial charge in [0.05, 0.1) is 6.61 Å². The van der Waals surface area contributed by atoms with Crippen LogP contribution in [0.3, 0.4) is 0 Å². The Balaban J connectivity index is 1.59. The Kier molecular flexibility index (Phi) is 5.34. The Labute approximate surface area is 137 Å². The molecule has 0 spiro atoms.